The normalized spacial score (nSPS) is 20.9. The Morgan fingerprint density at radius 2 is 2.33 bits per heavy atom. The minimum atomic E-state index is 0.344. The quantitative estimate of drug-likeness (QED) is 0.674. The van der Waals surface area contributed by atoms with Crippen LogP contribution in [0.5, 0.6) is 5.75 Å². The summed E-state index contributed by atoms with van der Waals surface area (Å²) in [6, 6.07) is 5.47. The Hall–Kier alpha value is -1.02. The monoisotopic (exact) mass is 164 g/mol. The van der Waals surface area contributed by atoms with Gasteiger partial charge in [-0.15, -0.1) is 0 Å². The topological polar surface area (TPSA) is 32.8 Å². The zero-order valence-electron chi connectivity index (χ0n) is 7.08. The van der Waals surface area contributed by atoms with Gasteiger partial charge in [0.25, 0.3) is 0 Å². The van der Waals surface area contributed by atoms with E-state index < -0.39 is 0 Å². The SMILES string of the molecule is Cc1ccc(O)cc1CC1CO1. The summed E-state index contributed by atoms with van der Waals surface area (Å²) in [7, 11) is 0. The first kappa shape index (κ1) is 7.62. The Morgan fingerprint density at radius 1 is 1.58 bits per heavy atom. The van der Waals surface area contributed by atoms with Crippen molar-refractivity contribution in [1.82, 2.24) is 0 Å². The van der Waals surface area contributed by atoms with Crippen LogP contribution in [0.4, 0.5) is 0 Å². The number of hydrogen-bond acceptors (Lipinski definition) is 2. The van der Waals surface area contributed by atoms with E-state index in [0.717, 1.165) is 13.0 Å². The second kappa shape index (κ2) is 2.79. The lowest BCUT2D eigenvalue weighted by Crippen LogP contribution is -1.95. The highest BCUT2D eigenvalue weighted by molar-refractivity contribution is 5.34. The van der Waals surface area contributed by atoms with Gasteiger partial charge in [-0.2, -0.15) is 0 Å². The molecule has 1 atom stereocenters. The molecule has 1 N–H and O–H groups in total. The summed E-state index contributed by atoms with van der Waals surface area (Å²) in [6.45, 7) is 2.92. The highest BCUT2D eigenvalue weighted by Crippen LogP contribution is 2.22. The van der Waals surface area contributed by atoms with Gasteiger partial charge < -0.3 is 9.84 Å². The van der Waals surface area contributed by atoms with E-state index in [9.17, 15) is 5.11 Å². The van der Waals surface area contributed by atoms with Crippen LogP contribution >= 0.6 is 0 Å². The molecule has 1 aromatic rings. The molecule has 0 spiro atoms. The van der Waals surface area contributed by atoms with Gasteiger partial charge in [-0.3, -0.25) is 0 Å². The predicted molar refractivity (Wildman–Crippen MR) is 46.3 cm³/mol. The lowest BCUT2D eigenvalue weighted by molar-refractivity contribution is 0.407. The van der Waals surface area contributed by atoms with Gasteiger partial charge in [0.2, 0.25) is 0 Å². The van der Waals surface area contributed by atoms with Crippen molar-refractivity contribution in [3.8, 4) is 5.75 Å². The highest BCUT2D eigenvalue weighted by Gasteiger charge is 2.23. The second-order valence-electron chi connectivity index (χ2n) is 3.27. The molecule has 2 heteroatoms. The van der Waals surface area contributed by atoms with Gasteiger partial charge in [-0.1, -0.05) is 6.07 Å². The zero-order chi connectivity index (χ0) is 8.55. The van der Waals surface area contributed by atoms with Gasteiger partial charge in [-0.05, 0) is 30.2 Å². The molecular weight excluding hydrogens is 152 g/mol. The number of rotatable bonds is 2. The zero-order valence-corrected chi connectivity index (χ0v) is 7.08. The molecule has 1 saturated heterocycles. The number of benzene rings is 1. The van der Waals surface area contributed by atoms with Crippen LogP contribution in [0.3, 0.4) is 0 Å². The van der Waals surface area contributed by atoms with Crippen LogP contribution in [0, 0.1) is 6.92 Å². The summed E-state index contributed by atoms with van der Waals surface area (Å²) in [5.41, 5.74) is 2.42. The molecule has 0 bridgehead atoms. The summed E-state index contributed by atoms with van der Waals surface area (Å²) < 4.78 is 5.13. The molecule has 0 aliphatic carbocycles. The molecule has 2 rings (SSSR count). The molecule has 1 heterocycles. The highest BCUT2D eigenvalue weighted by atomic mass is 16.6. The van der Waals surface area contributed by atoms with Crippen molar-refractivity contribution in [3.05, 3.63) is 29.3 Å². The van der Waals surface area contributed by atoms with E-state index in [1.54, 1.807) is 6.07 Å². The Bertz CT molecular complexity index is 290. The van der Waals surface area contributed by atoms with E-state index in [0.29, 0.717) is 11.9 Å². The summed E-state index contributed by atoms with van der Waals surface area (Å²) in [5, 5.41) is 9.23. The molecular formula is C10H12O2. The number of phenols is 1. The lowest BCUT2D eigenvalue weighted by atomic mass is 10.0. The molecule has 64 valence electrons. The molecule has 1 aromatic carbocycles. The molecule has 0 aromatic heterocycles. The third-order valence-electron chi connectivity index (χ3n) is 2.18. The molecule has 1 fully saturated rings. The summed E-state index contributed by atoms with van der Waals surface area (Å²) in [5.74, 6) is 0.344. The Morgan fingerprint density at radius 3 is 3.00 bits per heavy atom. The smallest absolute Gasteiger partial charge is 0.115 e. The maximum Gasteiger partial charge on any atom is 0.115 e. The van der Waals surface area contributed by atoms with Crippen LogP contribution in [0.25, 0.3) is 0 Å². The number of hydrogen-bond donors (Lipinski definition) is 1. The molecule has 1 aliphatic rings. The molecule has 1 unspecified atom stereocenters. The van der Waals surface area contributed by atoms with Crippen molar-refractivity contribution in [1.29, 1.82) is 0 Å². The first-order valence-corrected chi connectivity index (χ1v) is 4.16. The first-order valence-electron chi connectivity index (χ1n) is 4.16. The Labute approximate surface area is 71.8 Å². The van der Waals surface area contributed by atoms with Crippen LogP contribution in [0.2, 0.25) is 0 Å². The molecule has 1 aliphatic heterocycles. The lowest BCUT2D eigenvalue weighted by Gasteiger charge is -2.03. The average molecular weight is 164 g/mol. The maximum atomic E-state index is 9.23. The third-order valence-corrected chi connectivity index (χ3v) is 2.18. The molecule has 0 amide bonds. The van der Waals surface area contributed by atoms with E-state index in [1.165, 1.54) is 11.1 Å². The van der Waals surface area contributed by atoms with Crippen LogP contribution in [-0.2, 0) is 11.2 Å². The Balaban J connectivity index is 2.21. The third kappa shape index (κ3) is 1.59. The number of epoxide rings is 1. The number of aryl methyl sites for hydroxylation is 1. The standard InChI is InChI=1S/C10H12O2/c1-7-2-3-9(11)4-8(7)5-10-6-12-10/h2-4,10-11H,5-6H2,1H3. The predicted octanol–water partition coefficient (Wildman–Crippen LogP) is 1.64. The fourth-order valence-corrected chi connectivity index (χ4v) is 1.31. The molecule has 0 radical (unpaired) electrons. The van der Waals surface area contributed by atoms with Gasteiger partial charge in [0.15, 0.2) is 0 Å². The van der Waals surface area contributed by atoms with Gasteiger partial charge in [0, 0.05) is 6.42 Å². The molecule has 12 heavy (non-hydrogen) atoms. The van der Waals surface area contributed by atoms with Gasteiger partial charge in [0.1, 0.15) is 5.75 Å². The summed E-state index contributed by atoms with van der Waals surface area (Å²) >= 11 is 0. The number of aromatic hydroxyl groups is 1. The second-order valence-corrected chi connectivity index (χ2v) is 3.27. The van der Waals surface area contributed by atoms with Crippen LogP contribution in [0.15, 0.2) is 18.2 Å². The van der Waals surface area contributed by atoms with Crippen molar-refractivity contribution < 1.29 is 9.84 Å². The van der Waals surface area contributed by atoms with E-state index in [1.807, 2.05) is 12.1 Å². The van der Waals surface area contributed by atoms with Crippen molar-refractivity contribution in [2.75, 3.05) is 6.61 Å². The van der Waals surface area contributed by atoms with Crippen molar-refractivity contribution in [3.63, 3.8) is 0 Å². The number of ether oxygens (including phenoxy) is 1. The molecule has 0 saturated carbocycles. The largest absolute Gasteiger partial charge is 0.508 e. The van der Waals surface area contributed by atoms with Crippen molar-refractivity contribution in [2.45, 2.75) is 19.4 Å². The number of phenolic OH excluding ortho intramolecular Hbond substituents is 1. The minimum Gasteiger partial charge on any atom is -0.508 e. The minimum absolute atomic E-state index is 0.344. The van der Waals surface area contributed by atoms with Crippen molar-refractivity contribution >= 4 is 0 Å². The van der Waals surface area contributed by atoms with E-state index in [-0.39, 0.29) is 0 Å². The fourth-order valence-electron chi connectivity index (χ4n) is 1.31. The van der Waals surface area contributed by atoms with Gasteiger partial charge >= 0.3 is 0 Å². The fraction of sp³-hybridized carbons (Fsp3) is 0.400. The Kier molecular flexibility index (Phi) is 1.77. The van der Waals surface area contributed by atoms with Crippen LogP contribution in [0.1, 0.15) is 11.1 Å². The first-order chi connectivity index (χ1) is 5.75. The van der Waals surface area contributed by atoms with E-state index >= 15 is 0 Å². The molecule has 2 nitrogen and oxygen atoms in total. The maximum absolute atomic E-state index is 9.23. The van der Waals surface area contributed by atoms with E-state index in [4.69, 9.17) is 4.74 Å². The summed E-state index contributed by atoms with van der Waals surface area (Å²) in [4.78, 5) is 0. The van der Waals surface area contributed by atoms with Crippen LogP contribution in [-0.4, -0.2) is 17.8 Å². The summed E-state index contributed by atoms with van der Waals surface area (Å²) in [6.07, 6.45) is 1.32. The van der Waals surface area contributed by atoms with Crippen molar-refractivity contribution in [2.24, 2.45) is 0 Å². The van der Waals surface area contributed by atoms with Gasteiger partial charge in [0.05, 0.1) is 12.7 Å². The average Bonchev–Trinajstić information content (AvgIpc) is 2.81. The van der Waals surface area contributed by atoms with E-state index in [2.05, 4.69) is 6.92 Å². The van der Waals surface area contributed by atoms with Gasteiger partial charge in [-0.25, -0.2) is 0 Å². The van der Waals surface area contributed by atoms with Crippen LogP contribution < -0.4 is 0 Å².